The first kappa shape index (κ1) is 14.1. The van der Waals surface area contributed by atoms with Crippen LogP contribution in [0.3, 0.4) is 0 Å². The van der Waals surface area contributed by atoms with Gasteiger partial charge in [0.1, 0.15) is 17.2 Å². The zero-order chi connectivity index (χ0) is 16.3. The predicted octanol–water partition coefficient (Wildman–Crippen LogP) is 3.14. The summed E-state index contributed by atoms with van der Waals surface area (Å²) >= 11 is 0. The van der Waals surface area contributed by atoms with Crippen LogP contribution in [0, 0.1) is 11.8 Å². The van der Waals surface area contributed by atoms with Crippen molar-refractivity contribution >= 4 is 22.3 Å². The van der Waals surface area contributed by atoms with Crippen LogP contribution >= 0.6 is 0 Å². The fourth-order valence-corrected chi connectivity index (χ4v) is 4.05. The van der Waals surface area contributed by atoms with Crippen molar-refractivity contribution < 1.29 is 24.9 Å². The highest BCUT2D eigenvalue weighted by Gasteiger charge is 2.45. The number of phenols is 3. The van der Waals surface area contributed by atoms with Crippen molar-refractivity contribution in [2.24, 2.45) is 11.8 Å². The summed E-state index contributed by atoms with van der Waals surface area (Å²) < 4.78 is 0. The second kappa shape index (κ2) is 4.72. The molecule has 0 amide bonds. The SMILES string of the molecule is O=C1c2c(c(O)c3cc(O)ccc3c2O)C(=O)C2CCCCC12. The summed E-state index contributed by atoms with van der Waals surface area (Å²) in [5.74, 6) is -2.04. The Kier molecular flexibility index (Phi) is 2.88. The Bertz CT molecular complexity index is 868. The minimum atomic E-state index is -0.413. The average molecular weight is 312 g/mol. The molecule has 1 fully saturated rings. The minimum absolute atomic E-state index is 0.0613. The number of Topliss-reactive ketones (excluding diaryl/α,β-unsaturated/α-hetero) is 2. The van der Waals surface area contributed by atoms with E-state index < -0.39 is 11.8 Å². The molecule has 4 rings (SSSR count). The van der Waals surface area contributed by atoms with Crippen molar-refractivity contribution in [3.05, 3.63) is 29.3 Å². The second-order valence-electron chi connectivity index (χ2n) is 6.40. The molecule has 2 unspecified atom stereocenters. The van der Waals surface area contributed by atoms with Crippen molar-refractivity contribution in [2.75, 3.05) is 0 Å². The van der Waals surface area contributed by atoms with Gasteiger partial charge < -0.3 is 15.3 Å². The number of hydrogen-bond acceptors (Lipinski definition) is 5. The van der Waals surface area contributed by atoms with E-state index in [0.717, 1.165) is 12.8 Å². The van der Waals surface area contributed by atoms with Gasteiger partial charge in [0.2, 0.25) is 0 Å². The summed E-state index contributed by atoms with van der Waals surface area (Å²) in [6.45, 7) is 0. The van der Waals surface area contributed by atoms with E-state index in [1.807, 2.05) is 0 Å². The van der Waals surface area contributed by atoms with Crippen LogP contribution in [0.25, 0.3) is 10.8 Å². The third-order valence-electron chi connectivity index (χ3n) is 5.17. The van der Waals surface area contributed by atoms with E-state index >= 15 is 0 Å². The van der Waals surface area contributed by atoms with Crippen LogP contribution in [0.4, 0.5) is 0 Å². The molecule has 0 aromatic heterocycles. The summed E-state index contributed by atoms with van der Waals surface area (Å²) in [6, 6.07) is 4.09. The predicted molar refractivity (Wildman–Crippen MR) is 83.1 cm³/mol. The number of rotatable bonds is 0. The highest BCUT2D eigenvalue weighted by atomic mass is 16.3. The monoisotopic (exact) mass is 312 g/mol. The minimum Gasteiger partial charge on any atom is -0.508 e. The van der Waals surface area contributed by atoms with E-state index in [1.165, 1.54) is 18.2 Å². The molecule has 2 aliphatic carbocycles. The first-order valence-electron chi connectivity index (χ1n) is 7.79. The lowest BCUT2D eigenvalue weighted by molar-refractivity contribution is 0.0671. The Labute approximate surface area is 132 Å². The van der Waals surface area contributed by atoms with Crippen LogP contribution in [0.15, 0.2) is 18.2 Å². The molecule has 2 atom stereocenters. The van der Waals surface area contributed by atoms with Gasteiger partial charge in [0.05, 0.1) is 11.1 Å². The molecule has 3 N–H and O–H groups in total. The normalized spacial score (nSPS) is 23.7. The second-order valence-corrected chi connectivity index (χ2v) is 6.40. The molecule has 5 heteroatoms. The number of phenolic OH excluding ortho intramolecular Hbond substituents is 3. The molecule has 0 bridgehead atoms. The van der Waals surface area contributed by atoms with E-state index in [1.54, 1.807) is 0 Å². The van der Waals surface area contributed by atoms with Crippen LogP contribution < -0.4 is 0 Å². The van der Waals surface area contributed by atoms with Crippen LogP contribution in [0.5, 0.6) is 17.2 Å². The Morgan fingerprint density at radius 2 is 1.30 bits per heavy atom. The van der Waals surface area contributed by atoms with Gasteiger partial charge >= 0.3 is 0 Å². The van der Waals surface area contributed by atoms with E-state index in [-0.39, 0.29) is 50.7 Å². The third-order valence-corrected chi connectivity index (χ3v) is 5.17. The summed E-state index contributed by atoms with van der Waals surface area (Å²) in [6.07, 6.45) is 3.05. The lowest BCUT2D eigenvalue weighted by atomic mass is 9.66. The third kappa shape index (κ3) is 1.79. The van der Waals surface area contributed by atoms with E-state index in [0.29, 0.717) is 12.8 Å². The quantitative estimate of drug-likeness (QED) is 0.650. The van der Waals surface area contributed by atoms with Crippen molar-refractivity contribution in [1.29, 1.82) is 0 Å². The number of benzene rings is 2. The summed E-state index contributed by atoms with van der Waals surface area (Å²) in [7, 11) is 0. The Morgan fingerprint density at radius 1 is 0.783 bits per heavy atom. The first-order valence-corrected chi connectivity index (χ1v) is 7.79. The topological polar surface area (TPSA) is 94.8 Å². The molecule has 0 heterocycles. The zero-order valence-electron chi connectivity index (χ0n) is 12.4. The van der Waals surface area contributed by atoms with Crippen molar-refractivity contribution in [2.45, 2.75) is 25.7 Å². The molecule has 23 heavy (non-hydrogen) atoms. The molecule has 0 aliphatic heterocycles. The van der Waals surface area contributed by atoms with Crippen LogP contribution in [-0.2, 0) is 0 Å². The Balaban J connectivity index is 2.07. The number of hydrogen-bond donors (Lipinski definition) is 3. The maximum Gasteiger partial charge on any atom is 0.171 e. The van der Waals surface area contributed by atoms with Gasteiger partial charge in [0.25, 0.3) is 0 Å². The maximum absolute atomic E-state index is 12.8. The lowest BCUT2D eigenvalue weighted by Crippen LogP contribution is -2.38. The van der Waals surface area contributed by atoms with Crippen LogP contribution in [0.2, 0.25) is 0 Å². The van der Waals surface area contributed by atoms with Gasteiger partial charge in [-0.3, -0.25) is 9.59 Å². The number of ketones is 2. The smallest absolute Gasteiger partial charge is 0.171 e. The number of aromatic hydroxyl groups is 3. The molecule has 0 radical (unpaired) electrons. The van der Waals surface area contributed by atoms with Gasteiger partial charge in [-0.25, -0.2) is 0 Å². The summed E-state index contributed by atoms with van der Waals surface area (Å²) in [5.41, 5.74) is -0.150. The Morgan fingerprint density at radius 3 is 1.87 bits per heavy atom. The molecular weight excluding hydrogens is 296 g/mol. The van der Waals surface area contributed by atoms with E-state index in [9.17, 15) is 24.9 Å². The number of carbonyl (C=O) groups is 2. The highest BCUT2D eigenvalue weighted by molar-refractivity contribution is 6.22. The van der Waals surface area contributed by atoms with E-state index in [4.69, 9.17) is 0 Å². The van der Waals surface area contributed by atoms with E-state index in [2.05, 4.69) is 0 Å². The van der Waals surface area contributed by atoms with Crippen molar-refractivity contribution in [3.63, 3.8) is 0 Å². The molecular formula is C18H16O5. The molecule has 2 aromatic rings. The van der Waals surface area contributed by atoms with Crippen molar-refractivity contribution in [3.8, 4) is 17.2 Å². The summed E-state index contributed by atoms with van der Waals surface area (Å²) in [5, 5.41) is 31.1. The van der Waals surface area contributed by atoms with Crippen molar-refractivity contribution in [1.82, 2.24) is 0 Å². The fourth-order valence-electron chi connectivity index (χ4n) is 4.05. The first-order chi connectivity index (χ1) is 11.0. The molecule has 2 aliphatic rings. The maximum atomic E-state index is 12.8. The van der Waals surface area contributed by atoms with Gasteiger partial charge in [0.15, 0.2) is 11.6 Å². The van der Waals surface area contributed by atoms with Gasteiger partial charge in [0, 0.05) is 22.6 Å². The molecule has 0 saturated heterocycles. The largest absolute Gasteiger partial charge is 0.508 e. The molecule has 0 spiro atoms. The van der Waals surface area contributed by atoms with Gasteiger partial charge in [-0.2, -0.15) is 0 Å². The lowest BCUT2D eigenvalue weighted by Gasteiger charge is -2.34. The number of fused-ring (bicyclic) bond motifs is 3. The fraction of sp³-hybridized carbons (Fsp3) is 0.333. The number of carbonyl (C=O) groups excluding carboxylic acids is 2. The molecule has 118 valence electrons. The summed E-state index contributed by atoms with van der Waals surface area (Å²) in [4.78, 5) is 25.6. The molecule has 5 nitrogen and oxygen atoms in total. The standard InChI is InChI=1S/C18H16O5/c19-8-5-6-11-12(7-8)18(23)14-13(17(11)22)15(20)9-3-1-2-4-10(9)16(14)21/h5-7,9-10,19,22-23H,1-4H2. The molecule has 1 saturated carbocycles. The van der Waals surface area contributed by atoms with Crippen LogP contribution in [0.1, 0.15) is 46.4 Å². The molecule has 2 aromatic carbocycles. The average Bonchev–Trinajstić information content (AvgIpc) is 2.56. The van der Waals surface area contributed by atoms with Gasteiger partial charge in [-0.15, -0.1) is 0 Å². The zero-order valence-corrected chi connectivity index (χ0v) is 12.4. The Hall–Kier alpha value is -2.56. The highest BCUT2D eigenvalue weighted by Crippen LogP contribution is 2.48. The van der Waals surface area contributed by atoms with Crippen LogP contribution in [-0.4, -0.2) is 26.9 Å². The van der Waals surface area contributed by atoms with Gasteiger partial charge in [-0.1, -0.05) is 12.8 Å². The van der Waals surface area contributed by atoms with Gasteiger partial charge in [-0.05, 0) is 31.0 Å².